The summed E-state index contributed by atoms with van der Waals surface area (Å²) in [7, 11) is 3.36. The van der Waals surface area contributed by atoms with Crippen molar-refractivity contribution in [2.45, 2.75) is 52.9 Å². The summed E-state index contributed by atoms with van der Waals surface area (Å²) < 4.78 is 12.6. The fourth-order valence-corrected chi connectivity index (χ4v) is 4.13. The van der Waals surface area contributed by atoms with Gasteiger partial charge in [-0.15, -0.1) is 5.10 Å². The number of aromatic nitrogens is 5. The zero-order valence-electron chi connectivity index (χ0n) is 22.7. The first-order valence-corrected chi connectivity index (χ1v) is 12.9. The van der Waals surface area contributed by atoms with Crippen LogP contribution in [0.2, 0.25) is 0 Å². The highest BCUT2D eigenvalue weighted by molar-refractivity contribution is 6.10. The zero-order chi connectivity index (χ0) is 27.3. The second kappa shape index (κ2) is 14.9. The Morgan fingerprint density at radius 1 is 1.13 bits per heavy atom. The molecule has 0 radical (unpaired) electrons. The van der Waals surface area contributed by atoms with Crippen LogP contribution in [-0.2, 0) is 32.8 Å². The Kier molecular flexibility index (Phi) is 11.3. The maximum Gasteiger partial charge on any atom is 0.228 e. The molecule has 0 aliphatic carbocycles. The lowest BCUT2D eigenvalue weighted by Crippen LogP contribution is -2.31. The lowest BCUT2D eigenvalue weighted by molar-refractivity contribution is -0.137. The van der Waals surface area contributed by atoms with E-state index in [1.54, 1.807) is 20.2 Å². The van der Waals surface area contributed by atoms with Gasteiger partial charge in [0, 0.05) is 38.7 Å². The SMILES string of the molecule is CCCC(C(=O)Nc1cccc(CO/N=C(/c2ccccc2)c2nnnn2C)n1)C(C)CC(OC)OCC. The van der Waals surface area contributed by atoms with Crippen molar-refractivity contribution in [2.24, 2.45) is 24.0 Å². The van der Waals surface area contributed by atoms with Gasteiger partial charge in [0.15, 0.2) is 18.6 Å². The van der Waals surface area contributed by atoms with E-state index in [0.29, 0.717) is 36.1 Å². The molecule has 204 valence electrons. The molecule has 1 N–H and O–H groups in total. The van der Waals surface area contributed by atoms with E-state index in [-0.39, 0.29) is 30.6 Å². The van der Waals surface area contributed by atoms with Crippen molar-refractivity contribution >= 4 is 17.4 Å². The molecule has 11 heteroatoms. The summed E-state index contributed by atoms with van der Waals surface area (Å²) in [4.78, 5) is 23.4. The fourth-order valence-electron chi connectivity index (χ4n) is 4.13. The number of benzene rings is 1. The first-order valence-electron chi connectivity index (χ1n) is 12.9. The summed E-state index contributed by atoms with van der Waals surface area (Å²) in [6.45, 7) is 6.71. The van der Waals surface area contributed by atoms with Crippen molar-refractivity contribution in [3.05, 3.63) is 65.6 Å². The van der Waals surface area contributed by atoms with Gasteiger partial charge < -0.3 is 19.6 Å². The van der Waals surface area contributed by atoms with Crippen LogP contribution in [0.15, 0.2) is 53.7 Å². The molecule has 3 unspecified atom stereocenters. The minimum absolute atomic E-state index is 0.0683. The fraction of sp³-hybridized carbons (Fsp3) is 0.481. The largest absolute Gasteiger partial charge is 0.389 e. The van der Waals surface area contributed by atoms with Crippen LogP contribution in [0.5, 0.6) is 0 Å². The average Bonchev–Trinajstić information content (AvgIpc) is 3.35. The molecule has 3 aromatic rings. The quantitative estimate of drug-likeness (QED) is 0.180. The number of tetrazole rings is 1. The topological polar surface area (TPSA) is 126 Å². The molecule has 0 fully saturated rings. The van der Waals surface area contributed by atoms with Gasteiger partial charge in [-0.1, -0.05) is 61.8 Å². The molecule has 11 nitrogen and oxygen atoms in total. The molecule has 2 aromatic heterocycles. The van der Waals surface area contributed by atoms with E-state index in [9.17, 15) is 4.79 Å². The molecule has 0 aliphatic rings. The van der Waals surface area contributed by atoms with E-state index in [4.69, 9.17) is 14.3 Å². The molecule has 0 saturated carbocycles. The lowest BCUT2D eigenvalue weighted by atomic mass is 9.86. The Balaban J connectivity index is 1.68. The van der Waals surface area contributed by atoms with Gasteiger partial charge in [-0.2, -0.15) is 0 Å². The third-order valence-electron chi connectivity index (χ3n) is 6.11. The average molecular weight is 524 g/mol. The predicted octanol–water partition coefficient (Wildman–Crippen LogP) is 3.96. The second-order valence-electron chi connectivity index (χ2n) is 8.94. The third kappa shape index (κ3) is 8.15. The number of ether oxygens (including phenoxy) is 2. The number of carbonyl (C=O) groups excluding carboxylic acids is 1. The maximum absolute atomic E-state index is 13.2. The number of rotatable bonds is 15. The van der Waals surface area contributed by atoms with Gasteiger partial charge in [-0.3, -0.25) is 4.79 Å². The molecule has 1 amide bonds. The van der Waals surface area contributed by atoms with E-state index < -0.39 is 0 Å². The maximum atomic E-state index is 13.2. The number of hydrogen-bond acceptors (Lipinski definition) is 9. The second-order valence-corrected chi connectivity index (χ2v) is 8.94. The third-order valence-corrected chi connectivity index (χ3v) is 6.11. The predicted molar refractivity (Wildman–Crippen MR) is 143 cm³/mol. The summed E-state index contributed by atoms with van der Waals surface area (Å²) in [6, 6.07) is 14.9. The van der Waals surface area contributed by atoms with Crippen LogP contribution in [0, 0.1) is 11.8 Å². The molecule has 2 heterocycles. The van der Waals surface area contributed by atoms with Crippen LogP contribution in [0.25, 0.3) is 0 Å². The number of hydrogen-bond donors (Lipinski definition) is 1. The molecule has 3 atom stereocenters. The van der Waals surface area contributed by atoms with Gasteiger partial charge >= 0.3 is 0 Å². The monoisotopic (exact) mass is 523 g/mol. The number of anilines is 1. The van der Waals surface area contributed by atoms with Crippen LogP contribution in [-0.4, -0.2) is 56.8 Å². The summed E-state index contributed by atoms with van der Waals surface area (Å²) in [6.07, 6.45) is 1.94. The van der Waals surface area contributed by atoms with E-state index in [1.807, 2.05) is 49.4 Å². The van der Waals surface area contributed by atoms with E-state index >= 15 is 0 Å². The molecule has 3 rings (SSSR count). The normalized spacial score (nSPS) is 14.1. The number of methoxy groups -OCH3 is 1. The van der Waals surface area contributed by atoms with Crippen LogP contribution in [0.4, 0.5) is 5.82 Å². The Bertz CT molecular complexity index is 1170. The van der Waals surface area contributed by atoms with Crippen molar-refractivity contribution in [3.8, 4) is 0 Å². The van der Waals surface area contributed by atoms with E-state index in [1.165, 1.54) is 4.68 Å². The lowest BCUT2D eigenvalue weighted by Gasteiger charge is -2.26. The van der Waals surface area contributed by atoms with Crippen molar-refractivity contribution in [1.82, 2.24) is 25.2 Å². The minimum Gasteiger partial charge on any atom is -0.389 e. The summed E-state index contributed by atoms with van der Waals surface area (Å²) in [5.41, 5.74) is 1.93. The molecular weight excluding hydrogens is 486 g/mol. The highest BCUT2D eigenvalue weighted by atomic mass is 16.7. The Labute approximate surface area is 223 Å². The van der Waals surface area contributed by atoms with Crippen LogP contribution in [0.3, 0.4) is 0 Å². The number of carbonyl (C=O) groups is 1. The Hall–Kier alpha value is -3.70. The smallest absolute Gasteiger partial charge is 0.228 e. The van der Waals surface area contributed by atoms with Crippen molar-refractivity contribution in [2.75, 3.05) is 19.0 Å². The highest BCUT2D eigenvalue weighted by Gasteiger charge is 2.27. The van der Waals surface area contributed by atoms with Crippen molar-refractivity contribution in [3.63, 3.8) is 0 Å². The van der Waals surface area contributed by atoms with Crippen LogP contribution >= 0.6 is 0 Å². The molecule has 0 aliphatic heterocycles. The van der Waals surface area contributed by atoms with Gasteiger partial charge in [0.05, 0.1) is 5.69 Å². The van der Waals surface area contributed by atoms with Crippen LogP contribution in [0.1, 0.15) is 57.1 Å². The van der Waals surface area contributed by atoms with E-state index in [2.05, 4.69) is 44.8 Å². The summed E-state index contributed by atoms with van der Waals surface area (Å²) in [5.74, 6) is 0.732. The number of oxime groups is 1. The molecule has 0 saturated heterocycles. The van der Waals surface area contributed by atoms with Gasteiger partial charge in [0.2, 0.25) is 11.7 Å². The van der Waals surface area contributed by atoms with Gasteiger partial charge in [0.1, 0.15) is 5.82 Å². The highest BCUT2D eigenvalue weighted by Crippen LogP contribution is 2.25. The molecule has 0 spiro atoms. The Morgan fingerprint density at radius 2 is 1.92 bits per heavy atom. The van der Waals surface area contributed by atoms with Crippen LogP contribution < -0.4 is 5.32 Å². The first-order chi connectivity index (χ1) is 18.5. The Morgan fingerprint density at radius 3 is 2.58 bits per heavy atom. The van der Waals surface area contributed by atoms with Gasteiger partial charge in [0.25, 0.3) is 0 Å². The first kappa shape index (κ1) is 28.9. The molecular formula is C27H37N7O4. The van der Waals surface area contributed by atoms with Crippen molar-refractivity contribution < 1.29 is 19.1 Å². The molecule has 38 heavy (non-hydrogen) atoms. The summed E-state index contributed by atoms with van der Waals surface area (Å²) >= 11 is 0. The standard InChI is InChI=1S/C27H37N7O4/c1-6-12-22(19(3)17-24(36-5)37-7-2)27(35)29-23-16-11-15-21(28-23)18-38-31-25(20-13-9-8-10-14-20)26-30-32-33-34(26)4/h8-11,13-16,19,22,24H,6-7,12,17-18H2,1-5H3,(H,28,29,35)/b31-25-. The number of aryl methyl sites for hydroxylation is 1. The zero-order valence-corrected chi connectivity index (χ0v) is 22.7. The molecule has 1 aromatic carbocycles. The number of pyridine rings is 1. The van der Waals surface area contributed by atoms with Gasteiger partial charge in [-0.05, 0) is 41.8 Å². The van der Waals surface area contributed by atoms with Gasteiger partial charge in [-0.25, -0.2) is 9.67 Å². The molecule has 0 bridgehead atoms. The number of nitrogens with one attached hydrogen (secondary N) is 1. The number of amides is 1. The minimum atomic E-state index is -0.334. The van der Waals surface area contributed by atoms with E-state index in [0.717, 1.165) is 18.4 Å². The summed E-state index contributed by atoms with van der Waals surface area (Å²) in [5, 5.41) is 18.9. The number of nitrogens with zero attached hydrogens (tertiary/aromatic N) is 6. The van der Waals surface area contributed by atoms with Crippen molar-refractivity contribution in [1.29, 1.82) is 0 Å².